The van der Waals surface area contributed by atoms with Crippen molar-refractivity contribution < 1.29 is 9.53 Å². The number of ether oxygens (including phenoxy) is 1. The molecular weight excluding hydrogens is 306 g/mol. The van der Waals surface area contributed by atoms with E-state index in [1.165, 1.54) is 6.08 Å². The molecule has 0 bridgehead atoms. The van der Waals surface area contributed by atoms with Crippen LogP contribution in [0.3, 0.4) is 0 Å². The Balaban J connectivity index is 1.94. The van der Waals surface area contributed by atoms with E-state index in [4.69, 9.17) is 4.74 Å². The molecule has 0 heterocycles. The zero-order valence-electron chi connectivity index (χ0n) is 13.2. The first-order valence-corrected chi connectivity index (χ1v) is 8.05. The predicted octanol–water partition coefficient (Wildman–Crippen LogP) is 4.92. The molecule has 0 atom stereocenters. The number of anilines is 1. The lowest BCUT2D eigenvalue weighted by Crippen LogP contribution is -2.07. The summed E-state index contributed by atoms with van der Waals surface area (Å²) in [5.74, 6) is 0.706. The Kier molecular flexibility index (Phi) is 6.51. The quantitative estimate of drug-likeness (QED) is 0.605. The Labute approximate surface area is 141 Å². The molecule has 1 N–H and O–H groups in total. The minimum absolute atomic E-state index is 0.140. The fourth-order valence-corrected chi connectivity index (χ4v) is 2.64. The van der Waals surface area contributed by atoms with Crippen LogP contribution in [0.5, 0.6) is 5.75 Å². The fourth-order valence-electron chi connectivity index (χ4n) is 1.82. The van der Waals surface area contributed by atoms with Gasteiger partial charge in [0.2, 0.25) is 5.91 Å². The van der Waals surface area contributed by atoms with E-state index >= 15 is 0 Å². The maximum absolute atomic E-state index is 11.7. The monoisotopic (exact) mass is 325 g/mol. The van der Waals surface area contributed by atoms with Crippen molar-refractivity contribution in [2.75, 3.05) is 12.4 Å². The molecule has 118 valence electrons. The maximum Gasteiger partial charge on any atom is 0.248 e. The lowest BCUT2D eigenvalue weighted by molar-refractivity contribution is -0.111. The highest BCUT2D eigenvalue weighted by atomic mass is 32.2. The Hall–Kier alpha value is -2.46. The third-order valence-electron chi connectivity index (χ3n) is 2.97. The van der Waals surface area contributed by atoms with Crippen LogP contribution in [0.2, 0.25) is 0 Å². The first kappa shape index (κ1) is 16.9. The molecule has 0 fully saturated rings. The van der Waals surface area contributed by atoms with Gasteiger partial charge in [-0.2, -0.15) is 0 Å². The van der Waals surface area contributed by atoms with Gasteiger partial charge in [-0.1, -0.05) is 30.0 Å². The number of benzene rings is 2. The van der Waals surface area contributed by atoms with Crippen molar-refractivity contribution in [1.29, 1.82) is 0 Å². The van der Waals surface area contributed by atoms with E-state index in [1.54, 1.807) is 24.9 Å². The van der Waals surface area contributed by atoms with Crippen molar-refractivity contribution in [1.82, 2.24) is 0 Å². The highest BCUT2D eigenvalue weighted by Gasteiger charge is 2.00. The average Bonchev–Trinajstić information content (AvgIpc) is 2.57. The average molecular weight is 325 g/mol. The van der Waals surface area contributed by atoms with Crippen LogP contribution in [0.15, 0.2) is 82.6 Å². The topological polar surface area (TPSA) is 38.3 Å². The smallest absolute Gasteiger partial charge is 0.248 e. The summed E-state index contributed by atoms with van der Waals surface area (Å²) in [5, 5.41) is 2.82. The molecule has 0 saturated heterocycles. The molecule has 4 heteroatoms. The third-order valence-corrected chi connectivity index (χ3v) is 3.98. The summed E-state index contributed by atoms with van der Waals surface area (Å²) < 4.78 is 5.15. The van der Waals surface area contributed by atoms with Crippen LogP contribution < -0.4 is 10.1 Å². The lowest BCUT2D eigenvalue weighted by Gasteiger charge is -2.05. The van der Waals surface area contributed by atoms with Crippen LogP contribution in [-0.2, 0) is 4.79 Å². The normalized spacial score (nSPS) is 11.0. The molecule has 3 nitrogen and oxygen atoms in total. The molecular formula is C19H19NO2S. The summed E-state index contributed by atoms with van der Waals surface area (Å²) >= 11 is 1.66. The molecule has 2 aromatic rings. The van der Waals surface area contributed by atoms with Crippen LogP contribution in [0.1, 0.15) is 6.92 Å². The van der Waals surface area contributed by atoms with Gasteiger partial charge in [0.25, 0.3) is 0 Å². The van der Waals surface area contributed by atoms with E-state index in [1.807, 2.05) is 67.6 Å². The summed E-state index contributed by atoms with van der Waals surface area (Å²) in [6, 6.07) is 15.7. The highest BCUT2D eigenvalue weighted by Crippen LogP contribution is 2.29. The molecule has 0 radical (unpaired) electrons. The molecule has 0 aliphatic rings. The Morgan fingerprint density at radius 3 is 2.17 bits per heavy atom. The van der Waals surface area contributed by atoms with Crippen molar-refractivity contribution in [3.63, 3.8) is 0 Å². The second-order valence-corrected chi connectivity index (χ2v) is 5.82. The van der Waals surface area contributed by atoms with Crippen molar-refractivity contribution in [3.05, 3.63) is 72.8 Å². The van der Waals surface area contributed by atoms with E-state index in [-0.39, 0.29) is 5.91 Å². The fraction of sp³-hybridized carbons (Fsp3) is 0.105. The molecule has 0 aliphatic carbocycles. The van der Waals surface area contributed by atoms with E-state index in [0.29, 0.717) is 0 Å². The van der Waals surface area contributed by atoms with Crippen LogP contribution in [0, 0.1) is 0 Å². The Bertz CT molecular complexity index is 688. The number of allylic oxidation sites excluding steroid dienone is 3. The second kappa shape index (κ2) is 8.86. The lowest BCUT2D eigenvalue weighted by atomic mass is 10.3. The van der Waals surface area contributed by atoms with Gasteiger partial charge in [-0.25, -0.2) is 0 Å². The molecule has 0 saturated carbocycles. The number of methoxy groups -OCH3 is 1. The number of hydrogen-bond donors (Lipinski definition) is 1. The van der Waals surface area contributed by atoms with Crippen molar-refractivity contribution in [2.45, 2.75) is 16.7 Å². The van der Waals surface area contributed by atoms with Gasteiger partial charge in [-0.3, -0.25) is 4.79 Å². The predicted molar refractivity (Wildman–Crippen MR) is 96.1 cm³/mol. The number of nitrogens with one attached hydrogen (secondary N) is 1. The van der Waals surface area contributed by atoms with Gasteiger partial charge in [-0.05, 0) is 55.5 Å². The number of hydrogen-bond acceptors (Lipinski definition) is 3. The molecule has 2 aromatic carbocycles. The summed E-state index contributed by atoms with van der Waals surface area (Å²) in [7, 11) is 1.66. The maximum atomic E-state index is 11.7. The molecule has 1 amide bonds. The van der Waals surface area contributed by atoms with Crippen molar-refractivity contribution in [3.8, 4) is 5.75 Å². The van der Waals surface area contributed by atoms with E-state index in [9.17, 15) is 4.79 Å². The molecule has 0 spiro atoms. The molecule has 0 aromatic heterocycles. The first-order valence-electron chi connectivity index (χ1n) is 7.23. The molecule has 0 aliphatic heterocycles. The van der Waals surface area contributed by atoms with Crippen molar-refractivity contribution in [2.24, 2.45) is 0 Å². The van der Waals surface area contributed by atoms with Gasteiger partial charge in [0.15, 0.2) is 0 Å². The number of amides is 1. The molecule has 0 unspecified atom stereocenters. The number of carbonyl (C=O) groups excluding carboxylic acids is 1. The van der Waals surface area contributed by atoms with Gasteiger partial charge in [-0.15, -0.1) is 0 Å². The summed E-state index contributed by atoms with van der Waals surface area (Å²) in [6.07, 6.45) is 6.90. The zero-order valence-corrected chi connectivity index (χ0v) is 14.0. The van der Waals surface area contributed by atoms with E-state index in [0.717, 1.165) is 21.2 Å². The van der Waals surface area contributed by atoms with Crippen LogP contribution in [-0.4, -0.2) is 13.0 Å². The van der Waals surface area contributed by atoms with Crippen LogP contribution >= 0.6 is 11.8 Å². The minimum atomic E-state index is -0.140. The van der Waals surface area contributed by atoms with E-state index < -0.39 is 0 Å². The number of rotatable bonds is 6. The molecule has 23 heavy (non-hydrogen) atoms. The minimum Gasteiger partial charge on any atom is -0.497 e. The second-order valence-electron chi connectivity index (χ2n) is 4.68. The van der Waals surface area contributed by atoms with Gasteiger partial charge in [0, 0.05) is 21.6 Å². The SMILES string of the molecule is CC=CC=CC(=O)Nc1ccc(Sc2ccc(OC)cc2)cc1. The summed E-state index contributed by atoms with van der Waals surface area (Å²) in [5.41, 5.74) is 0.777. The summed E-state index contributed by atoms with van der Waals surface area (Å²) in [4.78, 5) is 13.9. The molecule has 2 rings (SSSR count). The van der Waals surface area contributed by atoms with Gasteiger partial charge < -0.3 is 10.1 Å². The third kappa shape index (κ3) is 5.68. The van der Waals surface area contributed by atoms with Gasteiger partial charge >= 0.3 is 0 Å². The van der Waals surface area contributed by atoms with Gasteiger partial charge in [0.1, 0.15) is 5.75 Å². The number of carbonyl (C=O) groups is 1. The van der Waals surface area contributed by atoms with E-state index in [2.05, 4.69) is 5.32 Å². The first-order chi connectivity index (χ1) is 11.2. The Morgan fingerprint density at radius 2 is 1.61 bits per heavy atom. The van der Waals surface area contributed by atoms with Crippen LogP contribution in [0.25, 0.3) is 0 Å². The van der Waals surface area contributed by atoms with Crippen molar-refractivity contribution >= 4 is 23.4 Å². The Morgan fingerprint density at radius 1 is 1.00 bits per heavy atom. The standard InChI is InChI=1S/C19H19NO2S/c1-3-4-5-6-19(21)20-15-7-11-17(12-8-15)23-18-13-9-16(22-2)10-14-18/h3-14H,1-2H3,(H,20,21). The van der Waals surface area contributed by atoms with Gasteiger partial charge in [0.05, 0.1) is 7.11 Å². The zero-order chi connectivity index (χ0) is 16.5. The largest absolute Gasteiger partial charge is 0.497 e. The summed E-state index contributed by atoms with van der Waals surface area (Å²) in [6.45, 7) is 1.90. The van der Waals surface area contributed by atoms with Crippen LogP contribution in [0.4, 0.5) is 5.69 Å². The highest BCUT2D eigenvalue weighted by molar-refractivity contribution is 7.99.